The Hall–Kier alpha value is -2.32. The molecule has 96 valence electrons. The molecule has 0 unspecified atom stereocenters. The third-order valence-electron chi connectivity index (χ3n) is 3.36. The van der Waals surface area contributed by atoms with Crippen LogP contribution in [-0.2, 0) is 4.74 Å². The Bertz CT molecular complexity index is 656. The summed E-state index contributed by atoms with van der Waals surface area (Å²) >= 11 is 0. The summed E-state index contributed by atoms with van der Waals surface area (Å²) in [6, 6.07) is 9.12. The third kappa shape index (κ3) is 1.96. The standard InChI is InChI=1S/C14H13N3O2/c15-8-11-9-19-7-6-17(11)14(18)12-3-1-2-10-4-5-16-13(10)12/h1-5,11,16H,6-7,9H2/t11-/m0/s1. The lowest BCUT2D eigenvalue weighted by Gasteiger charge is -2.31. The molecule has 1 aromatic heterocycles. The molecule has 1 aromatic carbocycles. The maximum absolute atomic E-state index is 12.6. The van der Waals surface area contributed by atoms with E-state index < -0.39 is 6.04 Å². The van der Waals surface area contributed by atoms with E-state index in [1.165, 1.54) is 0 Å². The Morgan fingerprint density at radius 2 is 2.37 bits per heavy atom. The van der Waals surface area contributed by atoms with E-state index in [9.17, 15) is 4.79 Å². The van der Waals surface area contributed by atoms with Crippen LogP contribution in [0.5, 0.6) is 0 Å². The maximum Gasteiger partial charge on any atom is 0.257 e. The lowest BCUT2D eigenvalue weighted by atomic mass is 10.1. The lowest BCUT2D eigenvalue weighted by molar-refractivity contribution is 0.0133. The van der Waals surface area contributed by atoms with Gasteiger partial charge in [0.15, 0.2) is 0 Å². The maximum atomic E-state index is 12.6. The first-order valence-electron chi connectivity index (χ1n) is 6.15. The molecule has 0 aliphatic carbocycles. The Morgan fingerprint density at radius 1 is 1.47 bits per heavy atom. The molecule has 0 spiro atoms. The monoisotopic (exact) mass is 255 g/mol. The molecule has 5 heteroatoms. The van der Waals surface area contributed by atoms with Crippen LogP contribution in [0.1, 0.15) is 10.4 Å². The summed E-state index contributed by atoms with van der Waals surface area (Å²) in [6.45, 7) is 1.21. The van der Waals surface area contributed by atoms with Gasteiger partial charge in [-0.2, -0.15) is 5.26 Å². The molecule has 2 heterocycles. The molecule has 19 heavy (non-hydrogen) atoms. The highest BCUT2D eigenvalue weighted by molar-refractivity contribution is 6.05. The molecule has 1 N–H and O–H groups in total. The fourth-order valence-electron chi connectivity index (χ4n) is 2.37. The first-order chi connectivity index (χ1) is 9.31. The quantitative estimate of drug-likeness (QED) is 0.840. The van der Waals surface area contributed by atoms with Gasteiger partial charge in [-0.25, -0.2) is 0 Å². The van der Waals surface area contributed by atoms with Gasteiger partial charge in [-0.1, -0.05) is 12.1 Å². The molecular formula is C14H13N3O2. The number of carbonyl (C=O) groups is 1. The normalized spacial score (nSPS) is 19.3. The number of aromatic nitrogens is 1. The van der Waals surface area contributed by atoms with Crippen LogP contribution < -0.4 is 0 Å². The molecule has 1 aliphatic rings. The van der Waals surface area contributed by atoms with Crippen molar-refractivity contribution in [1.82, 2.24) is 9.88 Å². The highest BCUT2D eigenvalue weighted by Crippen LogP contribution is 2.20. The van der Waals surface area contributed by atoms with Crippen LogP contribution >= 0.6 is 0 Å². The van der Waals surface area contributed by atoms with Crippen LogP contribution in [0, 0.1) is 11.3 Å². The molecule has 0 saturated carbocycles. The molecule has 1 aliphatic heterocycles. The number of rotatable bonds is 1. The van der Waals surface area contributed by atoms with Gasteiger partial charge < -0.3 is 14.6 Å². The summed E-state index contributed by atoms with van der Waals surface area (Å²) in [7, 11) is 0. The number of benzene rings is 1. The molecular weight excluding hydrogens is 242 g/mol. The number of hydrogen-bond acceptors (Lipinski definition) is 3. The molecule has 2 aromatic rings. The summed E-state index contributed by atoms with van der Waals surface area (Å²) < 4.78 is 5.24. The molecule has 0 bridgehead atoms. The zero-order valence-corrected chi connectivity index (χ0v) is 10.3. The first kappa shape index (κ1) is 11.8. The van der Waals surface area contributed by atoms with Crippen LogP contribution in [0.25, 0.3) is 10.9 Å². The third-order valence-corrected chi connectivity index (χ3v) is 3.36. The van der Waals surface area contributed by atoms with E-state index in [4.69, 9.17) is 10.00 Å². The Labute approximate surface area is 110 Å². The minimum atomic E-state index is -0.508. The van der Waals surface area contributed by atoms with E-state index in [1.54, 1.807) is 11.0 Å². The van der Waals surface area contributed by atoms with Crippen LogP contribution in [0.15, 0.2) is 30.5 Å². The van der Waals surface area contributed by atoms with Gasteiger partial charge in [0.2, 0.25) is 0 Å². The van der Waals surface area contributed by atoms with E-state index >= 15 is 0 Å². The number of nitrogens with zero attached hydrogens (tertiary/aromatic N) is 2. The predicted molar refractivity (Wildman–Crippen MR) is 69.6 cm³/mol. The fourth-order valence-corrected chi connectivity index (χ4v) is 2.37. The first-order valence-corrected chi connectivity index (χ1v) is 6.15. The number of hydrogen-bond donors (Lipinski definition) is 1. The minimum absolute atomic E-state index is 0.122. The smallest absolute Gasteiger partial charge is 0.257 e. The Kier molecular flexibility index (Phi) is 2.94. The van der Waals surface area contributed by atoms with E-state index in [2.05, 4.69) is 11.1 Å². The largest absolute Gasteiger partial charge is 0.376 e. The van der Waals surface area contributed by atoms with Crippen LogP contribution in [0.2, 0.25) is 0 Å². The fraction of sp³-hybridized carbons (Fsp3) is 0.286. The van der Waals surface area contributed by atoms with E-state index in [0.29, 0.717) is 18.7 Å². The number of morpholine rings is 1. The van der Waals surface area contributed by atoms with Crippen molar-refractivity contribution in [3.05, 3.63) is 36.0 Å². The molecule has 0 radical (unpaired) electrons. The van der Waals surface area contributed by atoms with Gasteiger partial charge >= 0.3 is 0 Å². The zero-order valence-electron chi connectivity index (χ0n) is 10.3. The van der Waals surface area contributed by atoms with E-state index in [-0.39, 0.29) is 12.5 Å². The molecule has 1 saturated heterocycles. The van der Waals surface area contributed by atoms with Crippen molar-refractivity contribution in [3.63, 3.8) is 0 Å². The Balaban J connectivity index is 1.99. The van der Waals surface area contributed by atoms with E-state index in [0.717, 1.165) is 10.9 Å². The van der Waals surface area contributed by atoms with Crippen LogP contribution in [0.4, 0.5) is 0 Å². The van der Waals surface area contributed by atoms with Gasteiger partial charge in [0.1, 0.15) is 6.04 Å². The van der Waals surface area contributed by atoms with Gasteiger partial charge in [-0.3, -0.25) is 4.79 Å². The van der Waals surface area contributed by atoms with Crippen molar-refractivity contribution < 1.29 is 9.53 Å². The van der Waals surface area contributed by atoms with Crippen molar-refractivity contribution in [2.24, 2.45) is 0 Å². The topological polar surface area (TPSA) is 69.1 Å². The van der Waals surface area contributed by atoms with Crippen molar-refractivity contribution in [2.45, 2.75) is 6.04 Å². The minimum Gasteiger partial charge on any atom is -0.376 e. The SMILES string of the molecule is N#C[C@H]1COCCN1C(=O)c1cccc2cc[nH]c12. The number of nitrogens with one attached hydrogen (secondary N) is 1. The number of aromatic amines is 1. The number of ether oxygens (including phenoxy) is 1. The number of nitriles is 1. The van der Waals surface area contributed by atoms with Gasteiger partial charge in [0.05, 0.1) is 30.4 Å². The predicted octanol–water partition coefficient (Wildman–Crippen LogP) is 1.53. The summed E-state index contributed by atoms with van der Waals surface area (Å²) in [6.07, 6.45) is 1.81. The van der Waals surface area contributed by atoms with Crippen LogP contribution in [-0.4, -0.2) is 41.6 Å². The second kappa shape index (κ2) is 4.75. The lowest BCUT2D eigenvalue weighted by Crippen LogP contribution is -2.48. The van der Waals surface area contributed by atoms with Gasteiger partial charge in [0, 0.05) is 18.1 Å². The second-order valence-corrected chi connectivity index (χ2v) is 4.47. The average Bonchev–Trinajstić information content (AvgIpc) is 2.94. The zero-order chi connectivity index (χ0) is 13.2. The van der Waals surface area contributed by atoms with Crippen molar-refractivity contribution in [3.8, 4) is 6.07 Å². The summed E-state index contributed by atoms with van der Waals surface area (Å²) in [5.41, 5.74) is 1.42. The number of H-pyrrole nitrogens is 1. The molecule has 1 amide bonds. The van der Waals surface area contributed by atoms with E-state index in [1.807, 2.05) is 24.4 Å². The number of para-hydroxylation sites is 1. The Morgan fingerprint density at radius 3 is 3.21 bits per heavy atom. The van der Waals surface area contributed by atoms with Gasteiger partial charge in [-0.05, 0) is 12.1 Å². The number of fused-ring (bicyclic) bond motifs is 1. The summed E-state index contributed by atoms with van der Waals surface area (Å²) in [5.74, 6) is -0.122. The van der Waals surface area contributed by atoms with Crippen LogP contribution in [0.3, 0.4) is 0 Å². The number of carbonyl (C=O) groups excluding carboxylic acids is 1. The molecule has 1 fully saturated rings. The van der Waals surface area contributed by atoms with Crippen molar-refractivity contribution in [2.75, 3.05) is 19.8 Å². The highest BCUT2D eigenvalue weighted by Gasteiger charge is 2.28. The summed E-state index contributed by atoms with van der Waals surface area (Å²) in [5, 5.41) is 10.1. The molecule has 3 rings (SSSR count). The van der Waals surface area contributed by atoms with Crippen molar-refractivity contribution in [1.29, 1.82) is 5.26 Å². The average molecular weight is 255 g/mol. The molecule has 5 nitrogen and oxygen atoms in total. The highest BCUT2D eigenvalue weighted by atomic mass is 16.5. The summed E-state index contributed by atoms with van der Waals surface area (Å²) in [4.78, 5) is 17.2. The van der Waals surface area contributed by atoms with Gasteiger partial charge in [0.25, 0.3) is 5.91 Å². The molecule has 1 atom stereocenters. The van der Waals surface area contributed by atoms with Crippen molar-refractivity contribution >= 4 is 16.8 Å². The second-order valence-electron chi connectivity index (χ2n) is 4.47. The van der Waals surface area contributed by atoms with Gasteiger partial charge in [-0.15, -0.1) is 0 Å². The number of amides is 1.